The van der Waals surface area contributed by atoms with Crippen LogP contribution < -0.4 is 10.6 Å². The highest BCUT2D eigenvalue weighted by molar-refractivity contribution is 6.39. The van der Waals surface area contributed by atoms with E-state index in [1.54, 1.807) is 18.2 Å². The van der Waals surface area contributed by atoms with Crippen molar-refractivity contribution < 1.29 is 14.7 Å². The average molecular weight is 277 g/mol. The van der Waals surface area contributed by atoms with Gasteiger partial charge in [-0.2, -0.15) is 0 Å². The summed E-state index contributed by atoms with van der Waals surface area (Å²) < 4.78 is 0. The molecule has 0 aliphatic carbocycles. The molecule has 0 saturated carbocycles. The fourth-order valence-electron chi connectivity index (χ4n) is 1.03. The van der Waals surface area contributed by atoms with Gasteiger partial charge in [-0.1, -0.05) is 29.3 Å². The molecule has 0 fully saturated rings. The molecule has 1 aromatic rings. The van der Waals surface area contributed by atoms with Crippen molar-refractivity contribution in [3.8, 4) is 0 Å². The molecule has 0 aromatic heterocycles. The molecule has 92 valence electrons. The lowest BCUT2D eigenvalue weighted by molar-refractivity contribution is -0.138. The fraction of sp³-hybridized carbons (Fsp3) is 0.200. The first-order valence-electron chi connectivity index (χ1n) is 4.66. The van der Waals surface area contributed by atoms with Crippen LogP contribution in [0.2, 0.25) is 10.0 Å². The standard InChI is InChI=1S/C10H10Cl2N2O3/c1-5(9(15)16)13-10(17)14-8-6(11)3-2-4-7(8)12/h2-5H,1H3,(H,15,16)(H2,13,14,17)/t5-/m1/s1. The van der Waals surface area contributed by atoms with E-state index in [0.717, 1.165) is 0 Å². The van der Waals surface area contributed by atoms with Gasteiger partial charge in [-0.25, -0.2) is 4.79 Å². The lowest BCUT2D eigenvalue weighted by Crippen LogP contribution is -2.40. The van der Waals surface area contributed by atoms with Crippen LogP contribution in [0.25, 0.3) is 0 Å². The summed E-state index contributed by atoms with van der Waals surface area (Å²) in [5, 5.41) is 13.8. The molecule has 0 aliphatic rings. The summed E-state index contributed by atoms with van der Waals surface area (Å²) in [5.41, 5.74) is 0.242. The Hall–Kier alpha value is -1.46. The number of carboxylic acids is 1. The zero-order valence-electron chi connectivity index (χ0n) is 8.83. The van der Waals surface area contributed by atoms with E-state index in [0.29, 0.717) is 0 Å². The number of halogens is 2. The molecular formula is C10H10Cl2N2O3. The van der Waals surface area contributed by atoms with E-state index in [9.17, 15) is 9.59 Å². The van der Waals surface area contributed by atoms with E-state index < -0.39 is 18.0 Å². The van der Waals surface area contributed by atoms with Crippen molar-refractivity contribution in [2.75, 3.05) is 5.32 Å². The Balaban J connectivity index is 2.72. The van der Waals surface area contributed by atoms with Crippen molar-refractivity contribution in [3.05, 3.63) is 28.2 Å². The van der Waals surface area contributed by atoms with Gasteiger partial charge in [0.15, 0.2) is 0 Å². The molecule has 3 N–H and O–H groups in total. The number of urea groups is 1. The highest BCUT2D eigenvalue weighted by Gasteiger charge is 2.15. The van der Waals surface area contributed by atoms with E-state index in [2.05, 4.69) is 10.6 Å². The number of para-hydroxylation sites is 1. The van der Waals surface area contributed by atoms with Crippen LogP contribution in [0.4, 0.5) is 10.5 Å². The predicted octanol–water partition coefficient (Wildman–Crippen LogP) is 2.59. The van der Waals surface area contributed by atoms with E-state index in [-0.39, 0.29) is 15.7 Å². The van der Waals surface area contributed by atoms with Crippen molar-refractivity contribution in [1.29, 1.82) is 0 Å². The van der Waals surface area contributed by atoms with Crippen LogP contribution in [-0.4, -0.2) is 23.1 Å². The molecule has 0 aliphatic heterocycles. The number of carboxylic acid groups (broad SMARTS) is 1. The van der Waals surface area contributed by atoms with Crippen LogP contribution in [0.5, 0.6) is 0 Å². The zero-order chi connectivity index (χ0) is 13.0. The summed E-state index contributed by atoms with van der Waals surface area (Å²) in [6.45, 7) is 1.34. The molecule has 0 bridgehead atoms. The van der Waals surface area contributed by atoms with Crippen molar-refractivity contribution in [1.82, 2.24) is 5.32 Å². The number of carbonyl (C=O) groups is 2. The maximum absolute atomic E-state index is 11.4. The third-order valence-electron chi connectivity index (χ3n) is 1.92. The lowest BCUT2D eigenvalue weighted by atomic mass is 10.3. The van der Waals surface area contributed by atoms with E-state index in [1.807, 2.05) is 0 Å². The molecule has 1 aromatic carbocycles. The fourth-order valence-corrected chi connectivity index (χ4v) is 1.52. The molecule has 1 rings (SSSR count). The Labute approximate surface area is 108 Å². The largest absolute Gasteiger partial charge is 0.480 e. The minimum atomic E-state index is -1.13. The van der Waals surface area contributed by atoms with Gasteiger partial charge in [0.25, 0.3) is 0 Å². The highest BCUT2D eigenvalue weighted by Crippen LogP contribution is 2.29. The molecule has 2 amide bonds. The molecule has 0 heterocycles. The van der Waals surface area contributed by atoms with E-state index >= 15 is 0 Å². The van der Waals surface area contributed by atoms with Crippen LogP contribution in [-0.2, 0) is 4.79 Å². The van der Waals surface area contributed by atoms with Crippen molar-refractivity contribution in [2.24, 2.45) is 0 Å². The predicted molar refractivity (Wildman–Crippen MR) is 65.7 cm³/mol. The average Bonchev–Trinajstić information content (AvgIpc) is 2.23. The van der Waals surface area contributed by atoms with Crippen LogP contribution in [0.3, 0.4) is 0 Å². The Kier molecular flexibility index (Phi) is 4.60. The molecule has 0 unspecified atom stereocenters. The molecule has 17 heavy (non-hydrogen) atoms. The second kappa shape index (κ2) is 5.75. The second-order valence-corrected chi connectivity index (χ2v) is 4.07. The zero-order valence-corrected chi connectivity index (χ0v) is 10.3. The lowest BCUT2D eigenvalue weighted by Gasteiger charge is -2.12. The summed E-state index contributed by atoms with van der Waals surface area (Å²) in [6.07, 6.45) is 0. The number of nitrogens with one attached hydrogen (secondary N) is 2. The minimum Gasteiger partial charge on any atom is -0.480 e. The third-order valence-corrected chi connectivity index (χ3v) is 2.55. The molecule has 0 radical (unpaired) electrons. The number of rotatable bonds is 3. The van der Waals surface area contributed by atoms with Gasteiger partial charge in [0, 0.05) is 0 Å². The van der Waals surface area contributed by atoms with Gasteiger partial charge in [0.2, 0.25) is 0 Å². The van der Waals surface area contributed by atoms with Gasteiger partial charge in [-0.15, -0.1) is 0 Å². The minimum absolute atomic E-state index is 0.242. The van der Waals surface area contributed by atoms with E-state index in [4.69, 9.17) is 28.3 Å². The summed E-state index contributed by atoms with van der Waals surface area (Å²) >= 11 is 11.7. The number of hydrogen-bond donors (Lipinski definition) is 3. The first-order valence-corrected chi connectivity index (χ1v) is 5.41. The third kappa shape index (κ3) is 3.80. The monoisotopic (exact) mass is 276 g/mol. The number of benzene rings is 1. The Morgan fingerprint density at radius 1 is 1.29 bits per heavy atom. The Morgan fingerprint density at radius 3 is 2.29 bits per heavy atom. The van der Waals surface area contributed by atoms with Gasteiger partial charge in [0.1, 0.15) is 6.04 Å². The maximum atomic E-state index is 11.4. The number of aliphatic carboxylic acids is 1. The normalized spacial score (nSPS) is 11.7. The van der Waals surface area contributed by atoms with Gasteiger partial charge in [-0.3, -0.25) is 4.79 Å². The first-order chi connectivity index (χ1) is 7.91. The summed E-state index contributed by atoms with van der Waals surface area (Å²) in [6, 6.07) is 3.06. The molecule has 7 heteroatoms. The van der Waals surface area contributed by atoms with Crippen LogP contribution in [0.1, 0.15) is 6.92 Å². The van der Waals surface area contributed by atoms with Crippen LogP contribution in [0, 0.1) is 0 Å². The Morgan fingerprint density at radius 2 is 1.82 bits per heavy atom. The smallest absolute Gasteiger partial charge is 0.325 e. The SMILES string of the molecule is C[C@@H](NC(=O)Nc1c(Cl)cccc1Cl)C(=O)O. The van der Waals surface area contributed by atoms with Crippen molar-refractivity contribution >= 4 is 40.9 Å². The molecule has 1 atom stereocenters. The number of carbonyl (C=O) groups excluding carboxylic acids is 1. The van der Waals surface area contributed by atoms with E-state index in [1.165, 1.54) is 6.92 Å². The number of hydrogen-bond acceptors (Lipinski definition) is 2. The molecular weight excluding hydrogens is 267 g/mol. The summed E-state index contributed by atoms with van der Waals surface area (Å²) in [4.78, 5) is 22.0. The molecule has 5 nitrogen and oxygen atoms in total. The summed E-state index contributed by atoms with van der Waals surface area (Å²) in [7, 11) is 0. The van der Waals surface area contributed by atoms with Gasteiger partial charge >= 0.3 is 12.0 Å². The number of amides is 2. The van der Waals surface area contributed by atoms with Gasteiger partial charge in [-0.05, 0) is 19.1 Å². The first kappa shape index (κ1) is 13.6. The van der Waals surface area contributed by atoms with Crippen molar-refractivity contribution in [3.63, 3.8) is 0 Å². The molecule has 0 saturated heterocycles. The maximum Gasteiger partial charge on any atom is 0.325 e. The highest BCUT2D eigenvalue weighted by atomic mass is 35.5. The topological polar surface area (TPSA) is 78.4 Å². The van der Waals surface area contributed by atoms with Crippen LogP contribution >= 0.6 is 23.2 Å². The van der Waals surface area contributed by atoms with Gasteiger partial charge in [0.05, 0.1) is 15.7 Å². The van der Waals surface area contributed by atoms with Gasteiger partial charge < -0.3 is 15.7 Å². The second-order valence-electron chi connectivity index (χ2n) is 3.26. The van der Waals surface area contributed by atoms with Crippen LogP contribution in [0.15, 0.2) is 18.2 Å². The summed E-state index contributed by atoms with van der Waals surface area (Å²) in [5.74, 6) is -1.13. The quantitative estimate of drug-likeness (QED) is 0.794. The molecule has 0 spiro atoms. The van der Waals surface area contributed by atoms with Crippen molar-refractivity contribution in [2.45, 2.75) is 13.0 Å². The number of anilines is 1. The Bertz CT molecular complexity index is 431.